The topological polar surface area (TPSA) is 0 Å². The van der Waals surface area contributed by atoms with Gasteiger partial charge >= 0.3 is 0 Å². The maximum absolute atomic E-state index is 2.70. The summed E-state index contributed by atoms with van der Waals surface area (Å²) >= 11 is 2.70. The molecule has 3 saturated carbocycles. The zero-order valence-corrected chi connectivity index (χ0v) is 9.34. The summed E-state index contributed by atoms with van der Waals surface area (Å²) in [5, 5.41) is 0. The molecule has 0 N–H and O–H groups in total. The first-order chi connectivity index (χ1) is 5.14. The quantitative estimate of drug-likeness (QED) is 0.465. The standard InChI is InChI=1S/C10H15I/c1-5-8-6-3-4-7(6)9(8)10(5,2)11/h5-9H,3-4H2,1-2H3/t5?,6?,7?,8?,9-,10?/m0/s1. The van der Waals surface area contributed by atoms with Gasteiger partial charge in [0.15, 0.2) is 0 Å². The van der Waals surface area contributed by atoms with Gasteiger partial charge < -0.3 is 0 Å². The molecule has 0 amide bonds. The van der Waals surface area contributed by atoms with E-state index in [0.717, 1.165) is 23.7 Å². The van der Waals surface area contributed by atoms with E-state index >= 15 is 0 Å². The van der Waals surface area contributed by atoms with E-state index in [4.69, 9.17) is 0 Å². The molecule has 62 valence electrons. The Hall–Kier alpha value is 0.730. The summed E-state index contributed by atoms with van der Waals surface area (Å²) in [6.45, 7) is 4.93. The van der Waals surface area contributed by atoms with Gasteiger partial charge in [0, 0.05) is 3.42 Å². The van der Waals surface area contributed by atoms with Gasteiger partial charge in [0.1, 0.15) is 0 Å². The molecule has 11 heavy (non-hydrogen) atoms. The Morgan fingerprint density at radius 2 is 1.91 bits per heavy atom. The minimum absolute atomic E-state index is 0.671. The van der Waals surface area contributed by atoms with Gasteiger partial charge in [-0.05, 0) is 49.4 Å². The normalized spacial score (nSPS) is 71.7. The van der Waals surface area contributed by atoms with Gasteiger partial charge in [0.05, 0.1) is 0 Å². The monoisotopic (exact) mass is 262 g/mol. The first kappa shape index (κ1) is 7.16. The second kappa shape index (κ2) is 1.80. The Morgan fingerprint density at radius 1 is 1.27 bits per heavy atom. The van der Waals surface area contributed by atoms with E-state index in [9.17, 15) is 0 Å². The second-order valence-electron chi connectivity index (χ2n) is 4.95. The van der Waals surface area contributed by atoms with Crippen LogP contribution in [0.15, 0.2) is 0 Å². The molecule has 0 aliphatic heterocycles. The lowest BCUT2D eigenvalue weighted by Gasteiger charge is -2.75. The number of alkyl halides is 1. The van der Waals surface area contributed by atoms with E-state index in [1.54, 1.807) is 12.8 Å². The molecule has 0 aromatic rings. The van der Waals surface area contributed by atoms with Crippen molar-refractivity contribution in [1.29, 1.82) is 0 Å². The highest BCUT2D eigenvalue weighted by atomic mass is 127. The van der Waals surface area contributed by atoms with Crippen molar-refractivity contribution in [3.8, 4) is 0 Å². The highest BCUT2D eigenvalue weighted by Crippen LogP contribution is 2.75. The van der Waals surface area contributed by atoms with E-state index in [1.807, 2.05) is 0 Å². The zero-order valence-electron chi connectivity index (χ0n) is 7.18. The van der Waals surface area contributed by atoms with Crippen LogP contribution in [-0.2, 0) is 0 Å². The first-order valence-corrected chi connectivity index (χ1v) is 5.91. The largest absolute Gasteiger partial charge is 0.0785 e. The average Bonchev–Trinajstić information content (AvgIpc) is 1.92. The van der Waals surface area contributed by atoms with Gasteiger partial charge in [-0.1, -0.05) is 29.5 Å². The van der Waals surface area contributed by atoms with E-state index < -0.39 is 0 Å². The Balaban J connectivity index is 1.87. The molecule has 3 fully saturated rings. The molecule has 0 aromatic heterocycles. The van der Waals surface area contributed by atoms with Crippen LogP contribution in [0.5, 0.6) is 0 Å². The van der Waals surface area contributed by atoms with Crippen LogP contribution in [-0.4, -0.2) is 3.42 Å². The van der Waals surface area contributed by atoms with Crippen molar-refractivity contribution in [2.24, 2.45) is 29.6 Å². The molecule has 0 nitrogen and oxygen atoms in total. The lowest BCUT2D eigenvalue weighted by molar-refractivity contribution is -0.217. The molecule has 0 heterocycles. The van der Waals surface area contributed by atoms with Crippen LogP contribution in [0.4, 0.5) is 0 Å². The van der Waals surface area contributed by atoms with Crippen LogP contribution >= 0.6 is 22.6 Å². The summed E-state index contributed by atoms with van der Waals surface area (Å²) in [5.74, 6) is 5.62. The summed E-state index contributed by atoms with van der Waals surface area (Å²) in [6, 6.07) is 0. The molecule has 0 saturated heterocycles. The molecule has 0 aromatic carbocycles. The minimum Gasteiger partial charge on any atom is -0.0785 e. The highest BCUT2D eigenvalue weighted by Gasteiger charge is 2.71. The summed E-state index contributed by atoms with van der Waals surface area (Å²) in [7, 11) is 0. The molecule has 5 unspecified atom stereocenters. The summed E-state index contributed by atoms with van der Waals surface area (Å²) in [5.41, 5.74) is 0. The third kappa shape index (κ3) is 0.574. The van der Waals surface area contributed by atoms with Gasteiger partial charge in [-0.25, -0.2) is 0 Å². The smallest absolute Gasteiger partial charge is 0.0256 e. The van der Waals surface area contributed by atoms with Crippen LogP contribution < -0.4 is 0 Å². The lowest BCUT2D eigenvalue weighted by Crippen LogP contribution is -2.73. The maximum Gasteiger partial charge on any atom is 0.0256 e. The van der Waals surface area contributed by atoms with Crippen molar-refractivity contribution in [3.05, 3.63) is 0 Å². The Kier molecular flexibility index (Phi) is 1.17. The van der Waals surface area contributed by atoms with E-state index in [1.165, 1.54) is 5.92 Å². The minimum atomic E-state index is 0.671. The zero-order chi connectivity index (χ0) is 7.80. The average molecular weight is 262 g/mol. The van der Waals surface area contributed by atoms with Gasteiger partial charge in [-0.3, -0.25) is 0 Å². The predicted molar refractivity (Wildman–Crippen MR) is 54.8 cm³/mol. The molecule has 0 radical (unpaired) electrons. The van der Waals surface area contributed by atoms with E-state index in [2.05, 4.69) is 36.4 Å². The van der Waals surface area contributed by atoms with Crippen molar-refractivity contribution in [3.63, 3.8) is 0 Å². The third-order valence-corrected chi connectivity index (χ3v) is 6.57. The fourth-order valence-corrected chi connectivity index (χ4v) is 5.21. The lowest BCUT2D eigenvalue weighted by atomic mass is 9.33. The van der Waals surface area contributed by atoms with Gasteiger partial charge in [-0.15, -0.1) is 0 Å². The molecule has 3 aliphatic rings. The van der Waals surface area contributed by atoms with Crippen molar-refractivity contribution in [2.45, 2.75) is 30.1 Å². The van der Waals surface area contributed by atoms with Crippen molar-refractivity contribution in [1.82, 2.24) is 0 Å². The number of halogens is 1. The number of fused-ring (bicyclic) bond motifs is 4. The molecular formula is C10H15I. The Labute approximate surface area is 82.3 Å². The summed E-state index contributed by atoms with van der Waals surface area (Å²) in [4.78, 5) is 0. The fourth-order valence-electron chi connectivity index (χ4n) is 3.92. The molecular weight excluding hydrogens is 247 g/mol. The molecule has 0 bridgehead atoms. The second-order valence-corrected chi connectivity index (χ2v) is 7.27. The van der Waals surface area contributed by atoms with Crippen LogP contribution in [0, 0.1) is 29.6 Å². The first-order valence-electron chi connectivity index (χ1n) is 4.83. The number of hydrogen-bond donors (Lipinski definition) is 0. The van der Waals surface area contributed by atoms with Gasteiger partial charge in [0.2, 0.25) is 0 Å². The van der Waals surface area contributed by atoms with Crippen LogP contribution in [0.2, 0.25) is 0 Å². The number of hydrogen-bond acceptors (Lipinski definition) is 0. The SMILES string of the molecule is CC1C2C3CCC3[C@@H]2C1(C)I. The summed E-state index contributed by atoms with van der Waals surface area (Å²) in [6.07, 6.45) is 3.11. The van der Waals surface area contributed by atoms with Crippen LogP contribution in [0.1, 0.15) is 26.7 Å². The van der Waals surface area contributed by atoms with Crippen LogP contribution in [0.25, 0.3) is 0 Å². The molecule has 1 heteroatoms. The van der Waals surface area contributed by atoms with Gasteiger partial charge in [0.25, 0.3) is 0 Å². The molecule has 6 atom stereocenters. The summed E-state index contributed by atoms with van der Waals surface area (Å²) < 4.78 is 0.671. The van der Waals surface area contributed by atoms with Crippen molar-refractivity contribution >= 4 is 22.6 Å². The number of rotatable bonds is 0. The highest BCUT2D eigenvalue weighted by molar-refractivity contribution is 14.1. The van der Waals surface area contributed by atoms with Crippen molar-refractivity contribution in [2.75, 3.05) is 0 Å². The predicted octanol–water partition coefficient (Wildman–Crippen LogP) is 3.10. The fraction of sp³-hybridized carbons (Fsp3) is 1.00. The van der Waals surface area contributed by atoms with Crippen LogP contribution in [0.3, 0.4) is 0 Å². The molecule has 3 aliphatic carbocycles. The molecule has 3 rings (SSSR count). The van der Waals surface area contributed by atoms with Gasteiger partial charge in [-0.2, -0.15) is 0 Å². The Bertz CT molecular complexity index is 209. The van der Waals surface area contributed by atoms with E-state index in [0.29, 0.717) is 3.42 Å². The molecule has 0 spiro atoms. The Morgan fingerprint density at radius 3 is 2.36 bits per heavy atom. The van der Waals surface area contributed by atoms with Crippen molar-refractivity contribution < 1.29 is 0 Å². The maximum atomic E-state index is 2.70. The third-order valence-electron chi connectivity index (χ3n) is 4.87. The van der Waals surface area contributed by atoms with E-state index in [-0.39, 0.29) is 0 Å².